The average Bonchev–Trinajstić information content (AvgIpc) is 2.74. The van der Waals surface area contributed by atoms with Gasteiger partial charge in [-0.15, -0.1) is 0 Å². The summed E-state index contributed by atoms with van der Waals surface area (Å²) in [5, 5.41) is 0.0728. The van der Waals surface area contributed by atoms with Gasteiger partial charge in [0.1, 0.15) is 5.69 Å². The first-order valence-corrected chi connectivity index (χ1v) is 13.8. The summed E-state index contributed by atoms with van der Waals surface area (Å²) >= 11 is 0. The number of allylic oxidation sites excluding steroid dienone is 3. The molecule has 0 bridgehead atoms. The van der Waals surface area contributed by atoms with Gasteiger partial charge in [0, 0.05) is 24.2 Å². The Bertz CT molecular complexity index is 884. The van der Waals surface area contributed by atoms with Crippen molar-refractivity contribution in [3.63, 3.8) is 0 Å². The molecule has 6 heteroatoms. The van der Waals surface area contributed by atoms with Crippen LogP contribution in [0.15, 0.2) is 54.8 Å². The zero-order chi connectivity index (χ0) is 24.4. The number of ether oxygens (including phenoxy) is 1. The van der Waals surface area contributed by atoms with Crippen molar-refractivity contribution < 1.29 is 14.0 Å². The monoisotopic (exact) mass is 454 g/mol. The lowest BCUT2D eigenvalue weighted by Gasteiger charge is -2.41. The first kappa shape index (κ1) is 27.6. The summed E-state index contributed by atoms with van der Waals surface area (Å²) < 4.78 is 11.4. The van der Waals surface area contributed by atoms with Crippen LogP contribution in [0.3, 0.4) is 0 Å². The minimum absolute atomic E-state index is 0.0728. The molecule has 0 aliphatic rings. The predicted molar refractivity (Wildman–Crippen MR) is 135 cm³/mol. The molecule has 0 saturated carbocycles. The van der Waals surface area contributed by atoms with E-state index in [0.717, 1.165) is 11.1 Å². The molecule has 5 nitrogen and oxygen atoms in total. The van der Waals surface area contributed by atoms with Gasteiger partial charge in [0.15, 0.2) is 8.32 Å². The van der Waals surface area contributed by atoms with Crippen LogP contribution in [0.5, 0.6) is 0 Å². The second-order valence-electron chi connectivity index (χ2n) is 9.13. The Hall–Kier alpha value is -2.46. The highest BCUT2D eigenvalue weighted by molar-refractivity contribution is 6.74. The van der Waals surface area contributed by atoms with Crippen LogP contribution in [0.2, 0.25) is 18.1 Å². The fraction of sp³-hybridized carbons (Fsp3) is 0.462. The molecule has 2 atom stereocenters. The van der Waals surface area contributed by atoms with Gasteiger partial charge in [0.25, 0.3) is 0 Å². The molecule has 0 aromatic carbocycles. The molecule has 174 valence electrons. The molecule has 1 aromatic rings. The van der Waals surface area contributed by atoms with Crippen molar-refractivity contribution in [2.45, 2.75) is 70.8 Å². The zero-order valence-corrected chi connectivity index (χ0v) is 21.6. The van der Waals surface area contributed by atoms with Gasteiger partial charge in [-0.3, -0.25) is 0 Å². The summed E-state index contributed by atoms with van der Waals surface area (Å²) in [4.78, 5) is 15.6. The van der Waals surface area contributed by atoms with Gasteiger partial charge >= 0.3 is 5.97 Å². The summed E-state index contributed by atoms with van der Waals surface area (Å²) in [7, 11) is -0.712. The number of hydrogen-bond acceptors (Lipinski definition) is 5. The fourth-order valence-corrected chi connectivity index (χ4v) is 4.02. The number of nitrogens with zero attached hydrogens (tertiary/aromatic N) is 1. The summed E-state index contributed by atoms with van der Waals surface area (Å²) in [5.74, 6) is 5.77. The quantitative estimate of drug-likeness (QED) is 0.234. The number of pyridine rings is 1. The average molecular weight is 455 g/mol. The van der Waals surface area contributed by atoms with E-state index in [4.69, 9.17) is 10.2 Å². The van der Waals surface area contributed by atoms with Crippen LogP contribution in [0, 0.1) is 11.8 Å². The number of nitrogens with two attached hydrogens (primary N) is 1. The maximum atomic E-state index is 11.5. The van der Waals surface area contributed by atoms with Crippen LogP contribution in [-0.4, -0.2) is 38.5 Å². The predicted octanol–water partition coefficient (Wildman–Crippen LogP) is 5.41. The number of esters is 1. The molecule has 0 amide bonds. The third kappa shape index (κ3) is 8.23. The number of hydrogen-bond donors (Lipinski definition) is 1. The van der Waals surface area contributed by atoms with Crippen LogP contribution in [0.4, 0.5) is 0 Å². The van der Waals surface area contributed by atoms with Crippen molar-refractivity contribution in [3.05, 3.63) is 66.0 Å². The van der Waals surface area contributed by atoms with Crippen LogP contribution in [0.25, 0.3) is 0 Å². The molecule has 0 unspecified atom stereocenters. The van der Waals surface area contributed by atoms with Crippen LogP contribution >= 0.6 is 0 Å². The molecule has 1 heterocycles. The highest BCUT2D eigenvalue weighted by Crippen LogP contribution is 2.38. The highest BCUT2D eigenvalue weighted by Gasteiger charge is 2.40. The second kappa shape index (κ2) is 12.5. The van der Waals surface area contributed by atoms with Gasteiger partial charge in [-0.2, -0.15) is 0 Å². The molecule has 32 heavy (non-hydrogen) atoms. The van der Waals surface area contributed by atoms with E-state index >= 15 is 0 Å². The third-order valence-electron chi connectivity index (χ3n) is 5.61. The Morgan fingerprint density at radius 2 is 2.03 bits per heavy atom. The van der Waals surface area contributed by atoms with E-state index in [2.05, 4.69) is 62.0 Å². The van der Waals surface area contributed by atoms with Crippen molar-refractivity contribution in [2.24, 2.45) is 5.73 Å². The standard InChI is InChI=1S/C26H38N2O3Si/c1-9-13-21(14-10-2)24(31-32(7,8)26(3,4)5)22(27)16-12-11-15-20-17-18-23(28-19-20)25(29)30-6/h9-10,13-14,17-19,22,24H,1,12,16,27H2,2-8H3/b14-10-,21-13+/t22-,24-/m1/s1. The normalized spacial score (nSPS) is 14.4. The van der Waals surface area contributed by atoms with E-state index in [1.807, 2.05) is 25.2 Å². The Kier molecular flexibility index (Phi) is 10.8. The zero-order valence-electron chi connectivity index (χ0n) is 20.6. The molecule has 2 N–H and O–H groups in total. The largest absolute Gasteiger partial charge is 0.464 e. The van der Waals surface area contributed by atoms with E-state index in [9.17, 15) is 4.79 Å². The molecule has 0 radical (unpaired) electrons. The number of methoxy groups -OCH3 is 1. The smallest absolute Gasteiger partial charge is 0.356 e. The lowest BCUT2D eigenvalue weighted by atomic mass is 9.98. The summed E-state index contributed by atoms with van der Waals surface area (Å²) in [6.07, 6.45) is 10.4. The van der Waals surface area contributed by atoms with Gasteiger partial charge in [-0.05, 0) is 49.2 Å². The van der Waals surface area contributed by atoms with Crippen LogP contribution in [0.1, 0.15) is 56.6 Å². The molecule has 1 rings (SSSR count). The van der Waals surface area contributed by atoms with E-state index in [-0.39, 0.29) is 22.9 Å². The molecule has 0 aliphatic heterocycles. The SMILES string of the molecule is C=C/C=C(\C=C/C)[C@@H](O[Si](C)(C)C(C)(C)C)[C@H](N)CCC#Cc1ccc(C(=O)OC)nc1. The first-order valence-electron chi connectivity index (χ1n) is 10.9. The topological polar surface area (TPSA) is 74.4 Å². The van der Waals surface area contributed by atoms with Crippen molar-refractivity contribution in [1.82, 2.24) is 4.98 Å². The van der Waals surface area contributed by atoms with Crippen molar-refractivity contribution in [2.75, 3.05) is 7.11 Å². The van der Waals surface area contributed by atoms with Crippen molar-refractivity contribution in [3.8, 4) is 11.8 Å². The molecule has 0 aliphatic carbocycles. The number of carbonyl (C=O) groups is 1. The van der Waals surface area contributed by atoms with E-state index < -0.39 is 14.3 Å². The van der Waals surface area contributed by atoms with E-state index in [1.165, 1.54) is 7.11 Å². The highest BCUT2D eigenvalue weighted by atomic mass is 28.4. The van der Waals surface area contributed by atoms with Gasteiger partial charge < -0.3 is 14.9 Å². The molecule has 0 fully saturated rings. The van der Waals surface area contributed by atoms with Gasteiger partial charge in [0.2, 0.25) is 0 Å². The Morgan fingerprint density at radius 3 is 2.53 bits per heavy atom. The van der Waals surface area contributed by atoms with Gasteiger partial charge in [0.05, 0.1) is 13.2 Å². The minimum Gasteiger partial charge on any atom is -0.464 e. The summed E-state index contributed by atoms with van der Waals surface area (Å²) in [5.41, 5.74) is 8.66. The first-order chi connectivity index (χ1) is 15.0. The molecule has 0 saturated heterocycles. The lowest BCUT2D eigenvalue weighted by molar-refractivity contribution is 0.0594. The molecule has 0 spiro atoms. The summed E-state index contributed by atoms with van der Waals surface area (Å²) in [6, 6.07) is 3.15. The van der Waals surface area contributed by atoms with Crippen LogP contribution in [-0.2, 0) is 9.16 Å². The van der Waals surface area contributed by atoms with Crippen LogP contribution < -0.4 is 5.73 Å². The number of aromatic nitrogens is 1. The van der Waals surface area contributed by atoms with E-state index in [1.54, 1.807) is 24.4 Å². The molecular weight excluding hydrogens is 416 g/mol. The van der Waals surface area contributed by atoms with Crippen molar-refractivity contribution >= 4 is 14.3 Å². The maximum absolute atomic E-state index is 11.5. The van der Waals surface area contributed by atoms with E-state index in [0.29, 0.717) is 12.8 Å². The molecule has 1 aromatic heterocycles. The Morgan fingerprint density at radius 1 is 1.34 bits per heavy atom. The fourth-order valence-electron chi connectivity index (χ4n) is 2.72. The molecular formula is C26H38N2O3Si. The van der Waals surface area contributed by atoms with Crippen molar-refractivity contribution in [1.29, 1.82) is 0 Å². The second-order valence-corrected chi connectivity index (χ2v) is 13.9. The Labute approximate surface area is 194 Å². The number of carbonyl (C=O) groups excluding carboxylic acids is 1. The van der Waals surface area contributed by atoms with Gasteiger partial charge in [-0.25, -0.2) is 9.78 Å². The lowest BCUT2D eigenvalue weighted by Crippen LogP contribution is -2.49. The Balaban J connectivity index is 2.96. The number of rotatable bonds is 9. The van der Waals surface area contributed by atoms with Gasteiger partial charge in [-0.1, -0.05) is 63.5 Å². The minimum atomic E-state index is -2.04. The third-order valence-corrected chi connectivity index (χ3v) is 10.1. The summed E-state index contributed by atoms with van der Waals surface area (Å²) in [6.45, 7) is 17.0. The maximum Gasteiger partial charge on any atom is 0.356 e.